The molecule has 0 atom stereocenters. The maximum absolute atomic E-state index is 13.4. The Morgan fingerprint density at radius 2 is 1.91 bits per heavy atom. The van der Waals surface area contributed by atoms with E-state index in [-0.39, 0.29) is 16.7 Å². The number of nitrogens with two attached hydrogens (primary N) is 1. The van der Waals surface area contributed by atoms with Gasteiger partial charge in [0, 0.05) is 29.7 Å². The number of methoxy groups -OCH3 is 1. The van der Waals surface area contributed by atoms with Crippen molar-refractivity contribution in [2.75, 3.05) is 40.0 Å². The van der Waals surface area contributed by atoms with Crippen LogP contribution in [0, 0.1) is 0 Å². The molecule has 1 fully saturated rings. The number of anilines is 1. The van der Waals surface area contributed by atoms with Crippen LogP contribution in [-0.4, -0.2) is 67.9 Å². The lowest BCUT2D eigenvalue weighted by Crippen LogP contribution is -2.44. The minimum absolute atomic E-state index is 0.0265. The Hall–Kier alpha value is -2.53. The molecule has 0 saturated carbocycles. The molecule has 3 heterocycles. The first kappa shape index (κ1) is 22.7. The summed E-state index contributed by atoms with van der Waals surface area (Å²) in [4.78, 5) is 12.3. The summed E-state index contributed by atoms with van der Waals surface area (Å²) in [7, 11) is 1.48. The normalized spacial score (nSPS) is 15.9. The van der Waals surface area contributed by atoms with Crippen molar-refractivity contribution < 1.29 is 13.2 Å². The van der Waals surface area contributed by atoms with Crippen molar-refractivity contribution in [3.63, 3.8) is 0 Å². The van der Waals surface area contributed by atoms with Gasteiger partial charge in [0.1, 0.15) is 10.6 Å². The lowest BCUT2D eigenvalue weighted by atomic mass is 10.1. The Balaban J connectivity index is 1.65. The average molecular weight is 474 g/mol. The molecule has 1 saturated heterocycles. The fourth-order valence-corrected chi connectivity index (χ4v) is 6.16. The molecular weight excluding hydrogens is 446 g/mol. The van der Waals surface area contributed by atoms with E-state index < -0.39 is 10.0 Å². The number of sulfonamides is 1. The zero-order valence-corrected chi connectivity index (χ0v) is 20.0. The molecule has 1 aliphatic heterocycles. The van der Waals surface area contributed by atoms with Crippen LogP contribution in [0.1, 0.15) is 12.8 Å². The van der Waals surface area contributed by atoms with Crippen LogP contribution in [0.5, 0.6) is 5.75 Å². The predicted molar refractivity (Wildman–Crippen MR) is 127 cm³/mol. The molecular formula is C22H27N5O3S2. The monoisotopic (exact) mass is 473 g/mol. The molecule has 32 heavy (non-hydrogen) atoms. The Morgan fingerprint density at radius 1 is 1.19 bits per heavy atom. The lowest BCUT2D eigenvalue weighted by Gasteiger charge is -2.34. The van der Waals surface area contributed by atoms with Gasteiger partial charge in [0.2, 0.25) is 10.0 Å². The largest absolute Gasteiger partial charge is 0.495 e. The standard InChI is InChI=1S/C22H27N5O3S2/c1-26-8-6-17(7-9-26)27(2)32(28,29)22-5-4-15(10-20(22)30-3)18-12-24-13-19(25-18)21-11-16(23)14-31-21/h4-5,10-14,17H,6-9,23H2,1-3H3. The van der Waals surface area contributed by atoms with Gasteiger partial charge in [-0.3, -0.25) is 4.98 Å². The minimum atomic E-state index is -3.70. The molecule has 170 valence electrons. The van der Waals surface area contributed by atoms with Crippen LogP contribution in [0.15, 0.2) is 46.9 Å². The number of ether oxygens (including phenoxy) is 1. The maximum atomic E-state index is 13.4. The summed E-state index contributed by atoms with van der Waals surface area (Å²) in [5.74, 6) is 0.287. The van der Waals surface area contributed by atoms with Crippen molar-refractivity contribution in [1.29, 1.82) is 0 Å². The van der Waals surface area contributed by atoms with E-state index in [0.29, 0.717) is 17.1 Å². The SMILES string of the molecule is COc1cc(-c2cncc(-c3cc(N)cs3)n2)ccc1S(=O)(=O)N(C)C1CCN(C)CC1. The molecule has 2 N–H and O–H groups in total. The highest BCUT2D eigenvalue weighted by Gasteiger charge is 2.32. The second-order valence-corrected chi connectivity index (χ2v) is 10.8. The first-order valence-corrected chi connectivity index (χ1v) is 12.6. The predicted octanol–water partition coefficient (Wildman–Crippen LogP) is 3.18. The number of nitrogens with zero attached hydrogens (tertiary/aromatic N) is 4. The summed E-state index contributed by atoms with van der Waals surface area (Å²) in [6, 6.07) is 6.86. The van der Waals surface area contributed by atoms with Gasteiger partial charge in [-0.1, -0.05) is 6.07 Å². The second-order valence-electron chi connectivity index (χ2n) is 7.96. The van der Waals surface area contributed by atoms with Crippen LogP contribution >= 0.6 is 11.3 Å². The van der Waals surface area contributed by atoms with E-state index in [9.17, 15) is 8.42 Å². The summed E-state index contributed by atoms with van der Waals surface area (Å²) in [6.45, 7) is 1.76. The summed E-state index contributed by atoms with van der Waals surface area (Å²) in [6.07, 6.45) is 4.94. The first-order valence-electron chi connectivity index (χ1n) is 10.3. The van der Waals surface area contributed by atoms with E-state index in [0.717, 1.165) is 36.4 Å². The fourth-order valence-electron chi connectivity index (χ4n) is 3.86. The van der Waals surface area contributed by atoms with Gasteiger partial charge in [0.05, 0.1) is 35.8 Å². The number of thiophene rings is 1. The number of likely N-dealkylation sites (tertiary alicyclic amines) is 1. The van der Waals surface area contributed by atoms with E-state index in [2.05, 4.69) is 21.9 Å². The van der Waals surface area contributed by atoms with Crippen LogP contribution < -0.4 is 10.5 Å². The average Bonchev–Trinajstić information content (AvgIpc) is 3.25. The molecule has 0 spiro atoms. The van der Waals surface area contributed by atoms with Crippen molar-refractivity contribution in [3.05, 3.63) is 42.0 Å². The molecule has 0 unspecified atom stereocenters. The third-order valence-corrected chi connectivity index (χ3v) is 8.75. The third-order valence-electron chi connectivity index (χ3n) is 5.83. The van der Waals surface area contributed by atoms with Crippen molar-refractivity contribution in [3.8, 4) is 27.6 Å². The highest BCUT2D eigenvalue weighted by Crippen LogP contribution is 2.34. The number of hydrogen-bond donors (Lipinski definition) is 1. The van der Waals surface area contributed by atoms with Gasteiger partial charge in [-0.15, -0.1) is 11.3 Å². The van der Waals surface area contributed by atoms with Gasteiger partial charge in [-0.2, -0.15) is 4.31 Å². The Bertz CT molecular complexity index is 1200. The van der Waals surface area contributed by atoms with E-state index in [4.69, 9.17) is 10.5 Å². The van der Waals surface area contributed by atoms with Crippen LogP contribution in [0.3, 0.4) is 0 Å². The van der Waals surface area contributed by atoms with Gasteiger partial charge in [-0.05, 0) is 51.2 Å². The Morgan fingerprint density at radius 3 is 2.56 bits per heavy atom. The molecule has 1 aliphatic rings. The van der Waals surface area contributed by atoms with Crippen molar-refractivity contribution >= 4 is 27.0 Å². The van der Waals surface area contributed by atoms with Gasteiger partial charge in [0.15, 0.2) is 0 Å². The van der Waals surface area contributed by atoms with Crippen LogP contribution in [0.2, 0.25) is 0 Å². The summed E-state index contributed by atoms with van der Waals surface area (Å²) >= 11 is 1.50. The second kappa shape index (κ2) is 9.14. The number of nitrogen functional groups attached to an aromatic ring is 1. The molecule has 0 radical (unpaired) electrons. The topological polar surface area (TPSA) is 102 Å². The van der Waals surface area contributed by atoms with E-state index in [1.807, 2.05) is 11.4 Å². The van der Waals surface area contributed by atoms with Crippen LogP contribution in [0.25, 0.3) is 21.8 Å². The molecule has 0 aliphatic carbocycles. The fraction of sp³-hybridized carbons (Fsp3) is 0.364. The molecule has 8 nitrogen and oxygen atoms in total. The number of benzene rings is 1. The zero-order chi connectivity index (χ0) is 22.9. The van der Waals surface area contributed by atoms with Crippen molar-refractivity contribution in [2.24, 2.45) is 0 Å². The van der Waals surface area contributed by atoms with E-state index in [1.165, 1.54) is 22.8 Å². The molecule has 0 bridgehead atoms. The summed E-state index contributed by atoms with van der Waals surface area (Å²) < 4.78 is 33.7. The van der Waals surface area contributed by atoms with E-state index >= 15 is 0 Å². The smallest absolute Gasteiger partial charge is 0.246 e. The number of rotatable bonds is 6. The van der Waals surface area contributed by atoms with Gasteiger partial charge in [0.25, 0.3) is 0 Å². The first-order chi connectivity index (χ1) is 15.3. The Labute approximate surface area is 192 Å². The molecule has 10 heteroatoms. The van der Waals surface area contributed by atoms with Gasteiger partial charge < -0.3 is 15.4 Å². The number of piperidine rings is 1. The highest BCUT2D eigenvalue weighted by molar-refractivity contribution is 7.89. The minimum Gasteiger partial charge on any atom is -0.495 e. The lowest BCUT2D eigenvalue weighted by molar-refractivity contribution is 0.197. The number of aromatic nitrogens is 2. The molecule has 1 aromatic carbocycles. The molecule has 2 aromatic heterocycles. The molecule has 4 rings (SSSR count). The summed E-state index contributed by atoms with van der Waals surface area (Å²) in [5, 5.41) is 1.85. The maximum Gasteiger partial charge on any atom is 0.246 e. The molecule has 3 aromatic rings. The third kappa shape index (κ3) is 4.49. The van der Waals surface area contributed by atoms with Crippen LogP contribution in [0.4, 0.5) is 5.69 Å². The zero-order valence-electron chi connectivity index (χ0n) is 18.4. The highest BCUT2D eigenvalue weighted by atomic mass is 32.2. The van der Waals surface area contributed by atoms with Gasteiger partial charge in [-0.25, -0.2) is 13.4 Å². The molecule has 0 amide bonds. The number of hydrogen-bond acceptors (Lipinski definition) is 8. The van der Waals surface area contributed by atoms with Gasteiger partial charge >= 0.3 is 0 Å². The van der Waals surface area contributed by atoms with Crippen molar-refractivity contribution in [2.45, 2.75) is 23.8 Å². The quantitative estimate of drug-likeness (QED) is 0.587. The van der Waals surface area contributed by atoms with Crippen molar-refractivity contribution in [1.82, 2.24) is 19.2 Å². The Kier molecular flexibility index (Phi) is 6.47. The van der Waals surface area contributed by atoms with E-state index in [1.54, 1.807) is 37.6 Å². The van der Waals surface area contributed by atoms with Crippen LogP contribution in [-0.2, 0) is 10.0 Å². The summed E-state index contributed by atoms with van der Waals surface area (Å²) in [5.41, 5.74) is 8.57.